The van der Waals surface area contributed by atoms with Crippen molar-refractivity contribution in [1.29, 1.82) is 0 Å². The normalized spacial score (nSPS) is 11.1. The molecule has 0 saturated heterocycles. The van der Waals surface area contributed by atoms with Crippen molar-refractivity contribution in [3.63, 3.8) is 0 Å². The van der Waals surface area contributed by atoms with Gasteiger partial charge in [0.15, 0.2) is 0 Å². The Bertz CT molecular complexity index is 748. The van der Waals surface area contributed by atoms with Gasteiger partial charge in [0.25, 0.3) is 0 Å². The van der Waals surface area contributed by atoms with Crippen LogP contribution in [0.1, 0.15) is 5.56 Å². The van der Waals surface area contributed by atoms with Crippen molar-refractivity contribution in [1.82, 2.24) is 14.5 Å². The fourth-order valence-corrected chi connectivity index (χ4v) is 2.52. The number of fused-ring (bicyclic) bond motifs is 1. The van der Waals surface area contributed by atoms with Crippen LogP contribution in [-0.2, 0) is 13.6 Å². The number of pyridine rings is 1. The van der Waals surface area contributed by atoms with E-state index in [0.29, 0.717) is 6.54 Å². The maximum absolute atomic E-state index is 5.68. The van der Waals surface area contributed by atoms with Gasteiger partial charge in [-0.2, -0.15) is 0 Å². The molecule has 3 rings (SSSR count). The molecule has 2 aromatic heterocycles. The van der Waals surface area contributed by atoms with Crippen molar-refractivity contribution < 1.29 is 0 Å². The summed E-state index contributed by atoms with van der Waals surface area (Å²) in [5.74, 6) is 0.901. The lowest BCUT2D eigenvalue weighted by atomic mass is 10.2. The quantitative estimate of drug-likeness (QED) is 0.791. The molecular weight excluding hydrogens is 304 g/mol. The minimum Gasteiger partial charge on any atom is -0.327 e. The molecule has 0 spiro atoms. The zero-order chi connectivity index (χ0) is 13.4. The lowest BCUT2D eigenvalue weighted by molar-refractivity contribution is 0.954. The van der Waals surface area contributed by atoms with Crippen molar-refractivity contribution in [2.24, 2.45) is 12.8 Å². The third-order valence-electron chi connectivity index (χ3n) is 3.14. The van der Waals surface area contributed by atoms with Gasteiger partial charge in [0.2, 0.25) is 0 Å². The van der Waals surface area contributed by atoms with E-state index in [2.05, 4.69) is 36.5 Å². The molecule has 0 unspecified atom stereocenters. The summed E-state index contributed by atoms with van der Waals surface area (Å²) in [4.78, 5) is 8.85. The monoisotopic (exact) mass is 316 g/mol. The Balaban J connectivity index is 2.22. The molecular formula is C14H13BrN4. The highest BCUT2D eigenvalue weighted by Gasteiger charge is 2.10. The van der Waals surface area contributed by atoms with E-state index in [9.17, 15) is 0 Å². The van der Waals surface area contributed by atoms with Gasteiger partial charge >= 0.3 is 0 Å². The molecule has 2 N–H and O–H groups in total. The Hall–Kier alpha value is -1.72. The van der Waals surface area contributed by atoms with Crippen LogP contribution in [-0.4, -0.2) is 14.5 Å². The fourth-order valence-electron chi connectivity index (χ4n) is 2.15. The van der Waals surface area contributed by atoms with E-state index in [1.54, 1.807) is 6.20 Å². The lowest BCUT2D eigenvalue weighted by Gasteiger charge is -2.03. The highest BCUT2D eigenvalue weighted by atomic mass is 79.9. The van der Waals surface area contributed by atoms with Crippen LogP contribution in [0.4, 0.5) is 0 Å². The third kappa shape index (κ3) is 2.15. The number of imidazole rings is 1. The first-order chi connectivity index (χ1) is 9.19. The van der Waals surface area contributed by atoms with Crippen LogP contribution in [0.2, 0.25) is 0 Å². The number of benzene rings is 1. The summed E-state index contributed by atoms with van der Waals surface area (Å²) >= 11 is 3.43. The van der Waals surface area contributed by atoms with Gasteiger partial charge in [-0.25, -0.2) is 4.98 Å². The number of nitrogens with zero attached hydrogens (tertiary/aromatic N) is 3. The highest BCUT2D eigenvalue weighted by molar-refractivity contribution is 9.10. The summed E-state index contributed by atoms with van der Waals surface area (Å²) < 4.78 is 3.01. The molecule has 0 amide bonds. The predicted molar refractivity (Wildman–Crippen MR) is 79.5 cm³/mol. The van der Waals surface area contributed by atoms with Gasteiger partial charge in [0.05, 0.1) is 11.0 Å². The summed E-state index contributed by atoms with van der Waals surface area (Å²) in [7, 11) is 2.01. The molecule has 4 nitrogen and oxygen atoms in total. The highest BCUT2D eigenvalue weighted by Crippen LogP contribution is 2.25. The SMILES string of the molecule is Cn1c(-c2cncc(Br)c2)nc2ccc(CN)cc21. The second kappa shape index (κ2) is 4.75. The molecule has 0 saturated carbocycles. The van der Waals surface area contributed by atoms with E-state index < -0.39 is 0 Å². The molecule has 1 aromatic carbocycles. The van der Waals surface area contributed by atoms with E-state index in [4.69, 9.17) is 5.73 Å². The number of hydrogen-bond acceptors (Lipinski definition) is 3. The van der Waals surface area contributed by atoms with Gasteiger partial charge in [-0.15, -0.1) is 0 Å². The second-order valence-corrected chi connectivity index (χ2v) is 5.33. The van der Waals surface area contributed by atoms with Crippen LogP contribution in [0.3, 0.4) is 0 Å². The van der Waals surface area contributed by atoms with E-state index in [1.165, 1.54) is 0 Å². The Labute approximate surface area is 119 Å². The lowest BCUT2D eigenvalue weighted by Crippen LogP contribution is -1.97. The topological polar surface area (TPSA) is 56.7 Å². The Morgan fingerprint density at radius 3 is 2.84 bits per heavy atom. The fraction of sp³-hybridized carbons (Fsp3) is 0.143. The number of hydrogen-bond donors (Lipinski definition) is 1. The first-order valence-corrected chi connectivity index (χ1v) is 6.74. The van der Waals surface area contributed by atoms with Gasteiger partial charge in [-0.05, 0) is 39.7 Å². The zero-order valence-corrected chi connectivity index (χ0v) is 12.1. The summed E-state index contributed by atoms with van der Waals surface area (Å²) in [5.41, 5.74) is 9.83. The predicted octanol–water partition coefficient (Wildman–Crippen LogP) is 2.86. The first-order valence-electron chi connectivity index (χ1n) is 5.95. The van der Waals surface area contributed by atoms with Crippen molar-refractivity contribution in [2.75, 3.05) is 0 Å². The summed E-state index contributed by atoms with van der Waals surface area (Å²) in [5, 5.41) is 0. The van der Waals surface area contributed by atoms with Gasteiger partial charge in [0, 0.05) is 36.0 Å². The average Bonchev–Trinajstić information content (AvgIpc) is 2.76. The smallest absolute Gasteiger partial charge is 0.142 e. The molecule has 0 aliphatic carbocycles. The van der Waals surface area contributed by atoms with E-state index in [1.807, 2.05) is 31.4 Å². The van der Waals surface area contributed by atoms with Crippen molar-refractivity contribution >= 4 is 27.0 Å². The van der Waals surface area contributed by atoms with E-state index in [-0.39, 0.29) is 0 Å². The molecule has 0 aliphatic rings. The number of aromatic nitrogens is 3. The van der Waals surface area contributed by atoms with Crippen molar-refractivity contribution in [3.8, 4) is 11.4 Å². The molecule has 0 fully saturated rings. The minimum atomic E-state index is 0.537. The van der Waals surface area contributed by atoms with E-state index in [0.717, 1.165) is 32.5 Å². The molecule has 96 valence electrons. The van der Waals surface area contributed by atoms with Crippen LogP contribution in [0.25, 0.3) is 22.4 Å². The number of aryl methyl sites for hydroxylation is 1. The largest absolute Gasteiger partial charge is 0.327 e. The molecule has 5 heteroatoms. The molecule has 19 heavy (non-hydrogen) atoms. The second-order valence-electron chi connectivity index (χ2n) is 4.41. The maximum Gasteiger partial charge on any atom is 0.142 e. The van der Waals surface area contributed by atoms with Crippen LogP contribution in [0, 0.1) is 0 Å². The summed E-state index contributed by atoms with van der Waals surface area (Å²) in [6.07, 6.45) is 3.58. The molecule has 0 radical (unpaired) electrons. The summed E-state index contributed by atoms with van der Waals surface area (Å²) in [6.45, 7) is 0.537. The molecule has 3 aromatic rings. The third-order valence-corrected chi connectivity index (χ3v) is 3.58. The van der Waals surface area contributed by atoms with Crippen molar-refractivity contribution in [2.45, 2.75) is 6.54 Å². The van der Waals surface area contributed by atoms with Crippen LogP contribution >= 0.6 is 15.9 Å². The van der Waals surface area contributed by atoms with Gasteiger partial charge in [-0.1, -0.05) is 6.07 Å². The standard InChI is InChI=1S/C14H13BrN4/c1-19-13-4-9(6-16)2-3-12(13)18-14(19)10-5-11(15)8-17-7-10/h2-5,7-8H,6,16H2,1H3. The number of halogens is 1. The maximum atomic E-state index is 5.68. The summed E-state index contributed by atoms with van der Waals surface area (Å²) in [6, 6.07) is 8.11. The molecule has 0 aliphatic heterocycles. The molecule has 0 bridgehead atoms. The van der Waals surface area contributed by atoms with Gasteiger partial charge in [0.1, 0.15) is 5.82 Å². The van der Waals surface area contributed by atoms with Gasteiger partial charge in [-0.3, -0.25) is 4.98 Å². The van der Waals surface area contributed by atoms with Gasteiger partial charge < -0.3 is 10.3 Å². The van der Waals surface area contributed by atoms with Crippen LogP contribution < -0.4 is 5.73 Å². The molecule has 2 heterocycles. The minimum absolute atomic E-state index is 0.537. The van der Waals surface area contributed by atoms with Crippen LogP contribution in [0.5, 0.6) is 0 Å². The zero-order valence-electron chi connectivity index (χ0n) is 10.5. The average molecular weight is 317 g/mol. The molecule has 0 atom stereocenters. The Morgan fingerprint density at radius 1 is 1.26 bits per heavy atom. The number of rotatable bonds is 2. The van der Waals surface area contributed by atoms with Crippen LogP contribution in [0.15, 0.2) is 41.1 Å². The van der Waals surface area contributed by atoms with Crippen molar-refractivity contribution in [3.05, 3.63) is 46.7 Å². The first kappa shape index (κ1) is 12.3. The Kier molecular flexibility index (Phi) is 3.08. The number of nitrogens with two attached hydrogens (primary N) is 1. The Morgan fingerprint density at radius 2 is 2.11 bits per heavy atom. The van der Waals surface area contributed by atoms with E-state index >= 15 is 0 Å².